The summed E-state index contributed by atoms with van der Waals surface area (Å²) in [6.45, 7) is 6.83. The Balaban J connectivity index is 1.98. The first-order chi connectivity index (χ1) is 4.36. The van der Waals surface area contributed by atoms with Crippen molar-refractivity contribution in [1.29, 1.82) is 0 Å². The first-order valence-corrected chi connectivity index (χ1v) is 3.79. The highest BCUT2D eigenvalue weighted by Gasteiger charge is 2.23. The molecule has 9 heavy (non-hydrogen) atoms. The van der Waals surface area contributed by atoms with Crippen LogP contribution in [0.15, 0.2) is 0 Å². The molecule has 0 amide bonds. The standard InChI is InChI=1S/C7H16N2/c1-2-3-9-5-7(4-8)6-9/h7H,2-6,8H2,1H3. The van der Waals surface area contributed by atoms with E-state index in [0.29, 0.717) is 0 Å². The van der Waals surface area contributed by atoms with E-state index >= 15 is 0 Å². The zero-order valence-electron chi connectivity index (χ0n) is 6.14. The Kier molecular flexibility index (Phi) is 2.49. The van der Waals surface area contributed by atoms with Gasteiger partial charge in [0, 0.05) is 13.1 Å². The molecule has 0 atom stereocenters. The van der Waals surface area contributed by atoms with Crippen LogP contribution < -0.4 is 5.73 Å². The molecule has 0 aliphatic carbocycles. The third kappa shape index (κ3) is 1.66. The maximum absolute atomic E-state index is 5.47. The van der Waals surface area contributed by atoms with Gasteiger partial charge in [-0.25, -0.2) is 0 Å². The lowest BCUT2D eigenvalue weighted by molar-refractivity contribution is 0.106. The molecule has 54 valence electrons. The Bertz CT molecular complexity index is 77.0. The molecule has 2 N–H and O–H groups in total. The number of hydrogen-bond acceptors (Lipinski definition) is 2. The SMILES string of the molecule is CCCN1CC(CN)C1. The van der Waals surface area contributed by atoms with Gasteiger partial charge in [0.05, 0.1) is 0 Å². The summed E-state index contributed by atoms with van der Waals surface area (Å²) < 4.78 is 0. The summed E-state index contributed by atoms with van der Waals surface area (Å²) in [6.07, 6.45) is 1.28. The highest BCUT2D eigenvalue weighted by molar-refractivity contribution is 4.79. The lowest BCUT2D eigenvalue weighted by Crippen LogP contribution is -2.49. The van der Waals surface area contributed by atoms with Crippen LogP contribution in [0.4, 0.5) is 0 Å². The number of hydrogen-bond donors (Lipinski definition) is 1. The van der Waals surface area contributed by atoms with E-state index in [2.05, 4.69) is 11.8 Å². The third-order valence-corrected chi connectivity index (χ3v) is 1.91. The lowest BCUT2D eigenvalue weighted by Gasteiger charge is -2.38. The molecule has 0 saturated carbocycles. The molecule has 0 aromatic rings. The van der Waals surface area contributed by atoms with E-state index in [9.17, 15) is 0 Å². The van der Waals surface area contributed by atoms with Gasteiger partial charge in [-0.1, -0.05) is 6.92 Å². The molecule has 0 spiro atoms. The number of nitrogens with zero attached hydrogens (tertiary/aromatic N) is 1. The van der Waals surface area contributed by atoms with Crippen molar-refractivity contribution < 1.29 is 0 Å². The van der Waals surface area contributed by atoms with Gasteiger partial charge >= 0.3 is 0 Å². The smallest absolute Gasteiger partial charge is 0.00341 e. The minimum atomic E-state index is 0.802. The van der Waals surface area contributed by atoms with Gasteiger partial charge < -0.3 is 10.6 Å². The van der Waals surface area contributed by atoms with Crippen molar-refractivity contribution in [2.45, 2.75) is 13.3 Å². The van der Waals surface area contributed by atoms with Gasteiger partial charge in [0.25, 0.3) is 0 Å². The molecule has 1 fully saturated rings. The van der Waals surface area contributed by atoms with Crippen molar-refractivity contribution in [2.75, 3.05) is 26.2 Å². The number of nitrogens with two attached hydrogens (primary N) is 1. The van der Waals surface area contributed by atoms with Crippen LogP contribution >= 0.6 is 0 Å². The normalized spacial score (nSPS) is 22.0. The van der Waals surface area contributed by atoms with E-state index in [-0.39, 0.29) is 0 Å². The Labute approximate surface area is 57.0 Å². The fraction of sp³-hybridized carbons (Fsp3) is 1.00. The van der Waals surface area contributed by atoms with Crippen molar-refractivity contribution in [3.05, 3.63) is 0 Å². The molecule has 0 unspecified atom stereocenters. The van der Waals surface area contributed by atoms with Crippen LogP contribution in [-0.2, 0) is 0 Å². The lowest BCUT2D eigenvalue weighted by atomic mass is 10.0. The minimum absolute atomic E-state index is 0.802. The molecule has 1 aliphatic heterocycles. The van der Waals surface area contributed by atoms with E-state index in [4.69, 9.17) is 5.73 Å². The fourth-order valence-electron chi connectivity index (χ4n) is 1.32. The van der Waals surface area contributed by atoms with Crippen molar-refractivity contribution in [3.8, 4) is 0 Å². The van der Waals surface area contributed by atoms with E-state index in [0.717, 1.165) is 12.5 Å². The summed E-state index contributed by atoms with van der Waals surface area (Å²) in [6, 6.07) is 0. The summed E-state index contributed by atoms with van der Waals surface area (Å²) in [5.74, 6) is 0.802. The molecule has 0 bridgehead atoms. The average Bonchev–Trinajstić information content (AvgIpc) is 1.77. The second kappa shape index (κ2) is 3.18. The van der Waals surface area contributed by atoms with Gasteiger partial charge in [-0.2, -0.15) is 0 Å². The van der Waals surface area contributed by atoms with E-state index in [1.807, 2.05) is 0 Å². The van der Waals surface area contributed by atoms with Crippen LogP contribution in [0.1, 0.15) is 13.3 Å². The van der Waals surface area contributed by atoms with E-state index < -0.39 is 0 Å². The zero-order valence-corrected chi connectivity index (χ0v) is 6.14. The van der Waals surface area contributed by atoms with E-state index in [1.165, 1.54) is 26.1 Å². The number of likely N-dealkylation sites (tertiary alicyclic amines) is 1. The first kappa shape index (κ1) is 7.03. The fourth-order valence-corrected chi connectivity index (χ4v) is 1.32. The molecule has 0 radical (unpaired) electrons. The Hall–Kier alpha value is -0.0800. The van der Waals surface area contributed by atoms with Gasteiger partial charge in [0.2, 0.25) is 0 Å². The van der Waals surface area contributed by atoms with Crippen LogP contribution in [0, 0.1) is 5.92 Å². The Morgan fingerprint density at radius 1 is 1.56 bits per heavy atom. The van der Waals surface area contributed by atoms with Gasteiger partial charge in [-0.05, 0) is 25.4 Å². The zero-order chi connectivity index (χ0) is 6.69. The van der Waals surface area contributed by atoms with Crippen LogP contribution in [0.3, 0.4) is 0 Å². The molecule has 2 heteroatoms. The van der Waals surface area contributed by atoms with Crippen molar-refractivity contribution in [1.82, 2.24) is 4.90 Å². The van der Waals surface area contributed by atoms with Crippen LogP contribution in [0.5, 0.6) is 0 Å². The van der Waals surface area contributed by atoms with Gasteiger partial charge in [-0.3, -0.25) is 0 Å². The summed E-state index contributed by atoms with van der Waals surface area (Å²) in [4.78, 5) is 2.46. The highest BCUT2D eigenvalue weighted by Crippen LogP contribution is 2.12. The Morgan fingerprint density at radius 3 is 2.67 bits per heavy atom. The quantitative estimate of drug-likeness (QED) is 0.592. The minimum Gasteiger partial charge on any atom is -0.330 e. The molecular formula is C7H16N2. The predicted octanol–water partition coefficient (Wildman–Crippen LogP) is 0.287. The second-order valence-electron chi connectivity index (χ2n) is 2.86. The van der Waals surface area contributed by atoms with Crippen LogP contribution in [0.2, 0.25) is 0 Å². The maximum Gasteiger partial charge on any atom is 0.00341 e. The largest absolute Gasteiger partial charge is 0.330 e. The first-order valence-electron chi connectivity index (χ1n) is 3.79. The monoisotopic (exact) mass is 128 g/mol. The van der Waals surface area contributed by atoms with Crippen LogP contribution in [-0.4, -0.2) is 31.1 Å². The third-order valence-electron chi connectivity index (χ3n) is 1.91. The molecule has 1 aliphatic rings. The van der Waals surface area contributed by atoms with E-state index in [1.54, 1.807) is 0 Å². The summed E-state index contributed by atoms with van der Waals surface area (Å²) in [7, 11) is 0. The highest BCUT2D eigenvalue weighted by atomic mass is 15.2. The summed E-state index contributed by atoms with van der Waals surface area (Å²) >= 11 is 0. The van der Waals surface area contributed by atoms with Gasteiger partial charge in [0.1, 0.15) is 0 Å². The molecule has 1 saturated heterocycles. The average molecular weight is 128 g/mol. The molecule has 0 aromatic carbocycles. The molecular weight excluding hydrogens is 112 g/mol. The number of rotatable bonds is 3. The van der Waals surface area contributed by atoms with Crippen LogP contribution in [0.25, 0.3) is 0 Å². The summed E-state index contributed by atoms with van der Waals surface area (Å²) in [5, 5.41) is 0. The molecule has 1 heterocycles. The van der Waals surface area contributed by atoms with Crippen molar-refractivity contribution in [3.63, 3.8) is 0 Å². The molecule has 0 aromatic heterocycles. The predicted molar refractivity (Wildman–Crippen MR) is 39.3 cm³/mol. The topological polar surface area (TPSA) is 29.3 Å². The summed E-state index contributed by atoms with van der Waals surface area (Å²) in [5.41, 5.74) is 5.47. The van der Waals surface area contributed by atoms with Gasteiger partial charge in [-0.15, -0.1) is 0 Å². The molecule has 2 nitrogen and oxygen atoms in total. The maximum atomic E-state index is 5.47. The van der Waals surface area contributed by atoms with Gasteiger partial charge in [0.15, 0.2) is 0 Å². The van der Waals surface area contributed by atoms with Crippen molar-refractivity contribution in [2.24, 2.45) is 11.7 Å². The van der Waals surface area contributed by atoms with Crippen molar-refractivity contribution >= 4 is 0 Å². The molecule has 1 rings (SSSR count). The Morgan fingerprint density at radius 2 is 2.22 bits per heavy atom. The second-order valence-corrected chi connectivity index (χ2v) is 2.86.